The molecule has 0 unspecified atom stereocenters. The molecular weight excluding hydrogens is 312 g/mol. The summed E-state index contributed by atoms with van der Waals surface area (Å²) in [6.45, 7) is 5.61. The summed E-state index contributed by atoms with van der Waals surface area (Å²) in [4.78, 5) is 14.6. The number of amides is 1. The third-order valence-electron chi connectivity index (χ3n) is 5.24. The first-order valence-corrected chi connectivity index (χ1v) is 10.8. The quantitative estimate of drug-likeness (QED) is 0.800. The molecule has 0 spiro atoms. The molecule has 1 aliphatic heterocycles. The topological polar surface area (TPSA) is 66.5 Å². The molecule has 0 radical (unpaired) electrons. The molecule has 0 aromatic heterocycles. The van der Waals surface area contributed by atoms with Crippen LogP contribution in [0.2, 0.25) is 0 Å². The van der Waals surface area contributed by atoms with Crippen LogP contribution in [0.4, 0.5) is 0 Å². The van der Waals surface area contributed by atoms with Gasteiger partial charge in [-0.15, -0.1) is 0 Å². The van der Waals surface area contributed by atoms with Crippen molar-refractivity contribution in [1.82, 2.24) is 10.2 Å². The number of nitrogens with one attached hydrogen (secondary N) is 1. The minimum atomic E-state index is -3.00. The van der Waals surface area contributed by atoms with E-state index in [0.717, 1.165) is 32.2 Å². The Balaban J connectivity index is 1.79. The number of piperidine rings is 1. The van der Waals surface area contributed by atoms with Crippen LogP contribution in [0.5, 0.6) is 0 Å². The van der Waals surface area contributed by atoms with Crippen molar-refractivity contribution < 1.29 is 13.2 Å². The third kappa shape index (κ3) is 5.75. The molecule has 0 aromatic carbocycles. The van der Waals surface area contributed by atoms with Crippen molar-refractivity contribution in [2.45, 2.75) is 70.1 Å². The molecule has 1 aliphatic carbocycles. The van der Waals surface area contributed by atoms with E-state index in [4.69, 9.17) is 0 Å². The summed E-state index contributed by atoms with van der Waals surface area (Å²) >= 11 is 0. The van der Waals surface area contributed by atoms with Crippen molar-refractivity contribution in [2.75, 3.05) is 25.4 Å². The van der Waals surface area contributed by atoms with Crippen molar-refractivity contribution in [3.8, 4) is 0 Å². The zero-order chi connectivity index (χ0) is 16.9. The molecule has 1 N–H and O–H groups in total. The lowest BCUT2D eigenvalue weighted by molar-refractivity contribution is -0.127. The highest BCUT2D eigenvalue weighted by molar-refractivity contribution is 7.92. The number of hydrogen-bond acceptors (Lipinski definition) is 4. The van der Waals surface area contributed by atoms with Crippen LogP contribution in [-0.2, 0) is 14.6 Å². The number of nitrogens with zero attached hydrogens (tertiary/aromatic N) is 1. The van der Waals surface area contributed by atoms with Gasteiger partial charge < -0.3 is 10.2 Å². The van der Waals surface area contributed by atoms with Crippen LogP contribution in [0, 0.1) is 5.92 Å². The largest absolute Gasteiger partial charge is 0.353 e. The molecule has 134 valence electrons. The predicted molar refractivity (Wildman–Crippen MR) is 93.1 cm³/mol. The molecular formula is C17H32N2O3S. The van der Waals surface area contributed by atoms with E-state index in [-0.39, 0.29) is 22.8 Å². The van der Waals surface area contributed by atoms with Gasteiger partial charge in [0.25, 0.3) is 0 Å². The van der Waals surface area contributed by atoms with Crippen LogP contribution in [0.3, 0.4) is 0 Å². The Kier molecular flexibility index (Phi) is 6.89. The fourth-order valence-electron chi connectivity index (χ4n) is 3.53. The highest BCUT2D eigenvalue weighted by Crippen LogP contribution is 2.20. The molecule has 1 saturated heterocycles. The summed E-state index contributed by atoms with van der Waals surface area (Å²) in [6, 6.07) is 0.355. The summed E-state index contributed by atoms with van der Waals surface area (Å²) < 4.78 is 23.9. The van der Waals surface area contributed by atoms with Crippen LogP contribution in [0.15, 0.2) is 0 Å². The van der Waals surface area contributed by atoms with Crippen LogP contribution in [0.25, 0.3) is 0 Å². The summed E-state index contributed by atoms with van der Waals surface area (Å²) in [6.07, 6.45) is 7.83. The van der Waals surface area contributed by atoms with Crippen molar-refractivity contribution in [3.05, 3.63) is 0 Å². The number of carbonyl (C=O) groups excluding carboxylic acids is 1. The van der Waals surface area contributed by atoms with Crippen molar-refractivity contribution in [3.63, 3.8) is 0 Å². The lowest BCUT2D eigenvalue weighted by Crippen LogP contribution is -2.47. The number of likely N-dealkylation sites (tertiary alicyclic amines) is 1. The van der Waals surface area contributed by atoms with Crippen LogP contribution in [-0.4, -0.2) is 55.9 Å². The second kappa shape index (κ2) is 8.47. The molecule has 1 heterocycles. The molecule has 23 heavy (non-hydrogen) atoms. The van der Waals surface area contributed by atoms with Gasteiger partial charge in [0, 0.05) is 19.1 Å². The fourth-order valence-corrected chi connectivity index (χ4v) is 4.51. The second-order valence-corrected chi connectivity index (χ2v) is 10.1. The first-order valence-electron chi connectivity index (χ1n) is 9.13. The first kappa shape index (κ1) is 18.7. The van der Waals surface area contributed by atoms with Crippen LogP contribution >= 0.6 is 0 Å². The number of sulfone groups is 1. The molecule has 0 aromatic rings. The van der Waals surface area contributed by atoms with Crippen molar-refractivity contribution >= 4 is 15.7 Å². The Labute approximate surface area is 141 Å². The van der Waals surface area contributed by atoms with E-state index in [1.54, 1.807) is 13.8 Å². The molecule has 2 fully saturated rings. The summed E-state index contributed by atoms with van der Waals surface area (Å²) in [7, 11) is -3.00. The fraction of sp³-hybridized carbons (Fsp3) is 0.941. The summed E-state index contributed by atoms with van der Waals surface area (Å²) in [5, 5.41) is 2.89. The summed E-state index contributed by atoms with van der Waals surface area (Å²) in [5.74, 6) is 0.391. The van der Waals surface area contributed by atoms with Gasteiger partial charge in [0.2, 0.25) is 5.91 Å². The lowest BCUT2D eigenvalue weighted by Gasteiger charge is -2.33. The smallest absolute Gasteiger partial charge is 0.224 e. The SMILES string of the molecule is CC(C)S(=O)(=O)CCN1CCC[C@H](C(=O)NC2CCCCC2)C1. The monoisotopic (exact) mass is 344 g/mol. The van der Waals surface area contributed by atoms with Gasteiger partial charge in [-0.25, -0.2) is 8.42 Å². The normalized spacial score (nSPS) is 24.7. The summed E-state index contributed by atoms with van der Waals surface area (Å²) in [5.41, 5.74) is 0. The molecule has 5 nitrogen and oxygen atoms in total. The zero-order valence-corrected chi connectivity index (χ0v) is 15.4. The van der Waals surface area contributed by atoms with Gasteiger partial charge in [-0.2, -0.15) is 0 Å². The number of rotatable bonds is 6. The average molecular weight is 345 g/mol. The van der Waals surface area contributed by atoms with E-state index >= 15 is 0 Å². The maximum atomic E-state index is 12.5. The van der Waals surface area contributed by atoms with Crippen molar-refractivity contribution in [2.24, 2.45) is 5.92 Å². The zero-order valence-electron chi connectivity index (χ0n) is 14.6. The minimum Gasteiger partial charge on any atom is -0.353 e. The standard InChI is InChI=1S/C17H32N2O3S/c1-14(2)23(21,22)12-11-19-10-6-7-15(13-19)17(20)18-16-8-4-3-5-9-16/h14-16H,3-13H2,1-2H3,(H,18,20)/t15-/m0/s1. The van der Waals surface area contributed by atoms with E-state index in [1.165, 1.54) is 19.3 Å². The van der Waals surface area contributed by atoms with Gasteiger partial charge in [-0.3, -0.25) is 4.79 Å². The molecule has 2 aliphatic rings. The molecule has 2 rings (SSSR count). The third-order valence-corrected chi connectivity index (χ3v) is 7.43. The Hall–Kier alpha value is -0.620. The second-order valence-electron chi connectivity index (χ2n) is 7.40. The van der Waals surface area contributed by atoms with E-state index in [1.807, 2.05) is 0 Å². The van der Waals surface area contributed by atoms with E-state index in [9.17, 15) is 13.2 Å². The van der Waals surface area contributed by atoms with Crippen LogP contribution in [0.1, 0.15) is 58.8 Å². The highest BCUT2D eigenvalue weighted by Gasteiger charge is 2.28. The first-order chi connectivity index (χ1) is 10.9. The maximum absolute atomic E-state index is 12.5. The number of carbonyl (C=O) groups is 1. The highest BCUT2D eigenvalue weighted by atomic mass is 32.2. The minimum absolute atomic E-state index is 0.0208. The lowest BCUT2D eigenvalue weighted by atomic mass is 9.93. The average Bonchev–Trinajstić information content (AvgIpc) is 2.54. The maximum Gasteiger partial charge on any atom is 0.224 e. The Morgan fingerprint density at radius 1 is 1.13 bits per heavy atom. The molecule has 1 atom stereocenters. The Morgan fingerprint density at radius 3 is 2.48 bits per heavy atom. The van der Waals surface area contributed by atoms with Crippen LogP contribution < -0.4 is 5.32 Å². The van der Waals surface area contributed by atoms with E-state index < -0.39 is 9.84 Å². The Bertz CT molecular complexity index is 484. The molecule has 1 saturated carbocycles. The number of hydrogen-bond donors (Lipinski definition) is 1. The molecule has 0 bridgehead atoms. The molecule has 1 amide bonds. The van der Waals surface area contributed by atoms with Gasteiger partial charge in [0.05, 0.1) is 16.9 Å². The van der Waals surface area contributed by atoms with Gasteiger partial charge in [-0.05, 0) is 46.1 Å². The van der Waals surface area contributed by atoms with Crippen molar-refractivity contribution in [1.29, 1.82) is 0 Å². The van der Waals surface area contributed by atoms with Gasteiger partial charge >= 0.3 is 0 Å². The van der Waals surface area contributed by atoms with Gasteiger partial charge in [0.1, 0.15) is 0 Å². The van der Waals surface area contributed by atoms with E-state index in [0.29, 0.717) is 19.1 Å². The van der Waals surface area contributed by atoms with E-state index in [2.05, 4.69) is 10.2 Å². The van der Waals surface area contributed by atoms with Gasteiger partial charge in [0.15, 0.2) is 9.84 Å². The predicted octanol–water partition coefficient (Wildman–Crippen LogP) is 1.97. The van der Waals surface area contributed by atoms with Gasteiger partial charge in [-0.1, -0.05) is 19.3 Å². The Morgan fingerprint density at radius 2 is 1.83 bits per heavy atom. The molecule has 6 heteroatoms.